The zero-order valence-corrected chi connectivity index (χ0v) is 12.3. The van der Waals surface area contributed by atoms with Crippen molar-refractivity contribution in [2.45, 2.75) is 31.2 Å². The Labute approximate surface area is 126 Å². The van der Waals surface area contributed by atoms with Crippen molar-refractivity contribution < 1.29 is 8.81 Å². The van der Waals surface area contributed by atoms with Gasteiger partial charge in [-0.1, -0.05) is 0 Å². The Morgan fingerprint density at radius 3 is 3.10 bits per heavy atom. The molecule has 0 saturated carbocycles. The van der Waals surface area contributed by atoms with Crippen LogP contribution in [0.15, 0.2) is 40.1 Å². The fourth-order valence-corrected chi connectivity index (χ4v) is 4.29. The fourth-order valence-electron chi connectivity index (χ4n) is 3.29. The van der Waals surface area contributed by atoms with Crippen molar-refractivity contribution in [3.8, 4) is 0 Å². The van der Waals surface area contributed by atoms with Crippen LogP contribution in [0.1, 0.15) is 41.0 Å². The monoisotopic (exact) mass is 301 g/mol. The Morgan fingerprint density at radius 1 is 1.29 bits per heavy atom. The molecule has 1 aliphatic carbocycles. The van der Waals surface area contributed by atoms with Crippen LogP contribution >= 0.6 is 11.3 Å². The van der Waals surface area contributed by atoms with Gasteiger partial charge in [-0.25, -0.2) is 4.39 Å². The lowest BCUT2D eigenvalue weighted by Crippen LogP contribution is -2.22. The zero-order chi connectivity index (χ0) is 14.4. The minimum atomic E-state index is -0.249. The van der Waals surface area contributed by atoms with Gasteiger partial charge in [-0.2, -0.15) is 0 Å². The van der Waals surface area contributed by atoms with Crippen molar-refractivity contribution >= 4 is 22.3 Å². The van der Waals surface area contributed by atoms with Crippen molar-refractivity contribution in [3.05, 3.63) is 57.7 Å². The minimum Gasteiger partial charge on any atom is -0.459 e. The number of aryl methyl sites for hydroxylation is 1. The van der Waals surface area contributed by atoms with Gasteiger partial charge < -0.3 is 10.2 Å². The van der Waals surface area contributed by atoms with Crippen molar-refractivity contribution in [2.75, 3.05) is 0 Å². The highest BCUT2D eigenvalue weighted by Gasteiger charge is 2.29. The Bertz CT molecular complexity index is 791. The second-order valence-electron chi connectivity index (χ2n) is 5.65. The summed E-state index contributed by atoms with van der Waals surface area (Å²) in [6, 6.07) is 8.46. The van der Waals surface area contributed by atoms with Crippen LogP contribution in [-0.4, -0.2) is 0 Å². The molecule has 1 aliphatic rings. The van der Waals surface area contributed by atoms with Crippen LogP contribution in [-0.2, 0) is 6.42 Å². The lowest BCUT2D eigenvalue weighted by molar-refractivity contribution is 0.410. The number of fused-ring (bicyclic) bond motifs is 2. The molecule has 0 aliphatic heterocycles. The summed E-state index contributed by atoms with van der Waals surface area (Å²) in [4.78, 5) is 1.45. The maximum atomic E-state index is 13.3. The average Bonchev–Trinajstić information content (AvgIpc) is 3.11. The number of furan rings is 1. The molecular formula is C17H16FNOS. The van der Waals surface area contributed by atoms with E-state index in [1.54, 1.807) is 6.07 Å². The van der Waals surface area contributed by atoms with E-state index in [2.05, 4.69) is 11.4 Å². The molecule has 0 bridgehead atoms. The van der Waals surface area contributed by atoms with Crippen molar-refractivity contribution in [3.63, 3.8) is 0 Å². The highest BCUT2D eigenvalue weighted by Crippen LogP contribution is 2.42. The number of hydrogen-bond donors (Lipinski definition) is 1. The predicted octanol–water partition coefficient (Wildman–Crippen LogP) is 4.75. The van der Waals surface area contributed by atoms with Crippen molar-refractivity contribution in [1.82, 2.24) is 0 Å². The van der Waals surface area contributed by atoms with E-state index < -0.39 is 0 Å². The van der Waals surface area contributed by atoms with E-state index in [1.165, 1.54) is 29.0 Å². The lowest BCUT2D eigenvalue weighted by Gasteiger charge is -2.26. The van der Waals surface area contributed by atoms with Crippen molar-refractivity contribution in [1.29, 1.82) is 0 Å². The summed E-state index contributed by atoms with van der Waals surface area (Å²) in [5.41, 5.74) is 8.53. The normalized spacial score (nSPS) is 19.6. The summed E-state index contributed by atoms with van der Waals surface area (Å²) in [6.07, 6.45) is 3.40. The van der Waals surface area contributed by atoms with Crippen LogP contribution in [0.2, 0.25) is 0 Å². The van der Waals surface area contributed by atoms with E-state index in [0.717, 1.165) is 24.0 Å². The fraction of sp³-hybridized carbons (Fsp3) is 0.294. The molecule has 4 heteroatoms. The summed E-state index contributed by atoms with van der Waals surface area (Å²) in [7, 11) is 0. The maximum absolute atomic E-state index is 13.3. The number of benzene rings is 1. The van der Waals surface area contributed by atoms with Crippen molar-refractivity contribution in [2.24, 2.45) is 5.73 Å². The van der Waals surface area contributed by atoms with Gasteiger partial charge in [-0.05, 0) is 60.5 Å². The molecule has 1 aromatic carbocycles. The molecule has 2 N–H and O–H groups in total. The van der Waals surface area contributed by atoms with Gasteiger partial charge in [0.05, 0.1) is 6.04 Å². The van der Waals surface area contributed by atoms with E-state index in [9.17, 15) is 4.39 Å². The third-order valence-electron chi connectivity index (χ3n) is 4.36. The lowest BCUT2D eigenvalue weighted by atomic mass is 9.82. The molecule has 2 nitrogen and oxygen atoms in total. The first-order valence-corrected chi connectivity index (χ1v) is 8.11. The summed E-state index contributed by atoms with van der Waals surface area (Å²) < 4.78 is 19.1. The smallest absolute Gasteiger partial charge is 0.134 e. The molecule has 0 radical (unpaired) electrons. The first-order valence-electron chi connectivity index (χ1n) is 7.23. The number of halogens is 1. The van der Waals surface area contributed by atoms with E-state index in [4.69, 9.17) is 10.2 Å². The minimum absolute atomic E-state index is 0.172. The van der Waals surface area contributed by atoms with E-state index in [-0.39, 0.29) is 11.9 Å². The zero-order valence-electron chi connectivity index (χ0n) is 11.5. The van der Waals surface area contributed by atoms with Gasteiger partial charge in [-0.15, -0.1) is 11.3 Å². The highest BCUT2D eigenvalue weighted by molar-refractivity contribution is 7.10. The second-order valence-corrected chi connectivity index (χ2v) is 6.66. The van der Waals surface area contributed by atoms with Gasteiger partial charge >= 0.3 is 0 Å². The van der Waals surface area contributed by atoms with E-state index in [0.29, 0.717) is 11.5 Å². The molecule has 21 heavy (non-hydrogen) atoms. The number of nitrogens with two attached hydrogens (primary N) is 1. The SMILES string of the molecule is NC(c1cc2cc(F)ccc2o1)C1CCCc2sccc21. The highest BCUT2D eigenvalue weighted by atomic mass is 32.1. The van der Waals surface area contributed by atoms with Gasteiger partial charge in [-0.3, -0.25) is 0 Å². The topological polar surface area (TPSA) is 39.2 Å². The Kier molecular flexibility index (Phi) is 3.08. The molecule has 2 aromatic heterocycles. The molecule has 2 atom stereocenters. The molecule has 2 heterocycles. The molecular weight excluding hydrogens is 285 g/mol. The van der Waals surface area contributed by atoms with Crippen LogP contribution in [0.5, 0.6) is 0 Å². The molecule has 4 rings (SSSR count). The predicted molar refractivity (Wildman–Crippen MR) is 83.1 cm³/mol. The third kappa shape index (κ3) is 2.19. The van der Waals surface area contributed by atoms with Gasteiger partial charge in [0.2, 0.25) is 0 Å². The van der Waals surface area contributed by atoms with E-state index >= 15 is 0 Å². The average molecular weight is 301 g/mol. The Hall–Kier alpha value is -1.65. The van der Waals surface area contributed by atoms with Crippen LogP contribution < -0.4 is 5.73 Å². The quantitative estimate of drug-likeness (QED) is 0.741. The number of thiophene rings is 1. The first-order chi connectivity index (χ1) is 10.2. The van der Waals surface area contributed by atoms with E-state index in [1.807, 2.05) is 17.4 Å². The van der Waals surface area contributed by atoms with Gasteiger partial charge in [0.15, 0.2) is 0 Å². The standard InChI is InChI=1S/C17H16FNOS/c18-11-4-5-14-10(8-11)9-15(20-14)17(19)13-2-1-3-16-12(13)6-7-21-16/h4-9,13,17H,1-3,19H2. The molecule has 3 aromatic rings. The molecule has 0 saturated heterocycles. The van der Waals surface area contributed by atoms with Gasteiger partial charge in [0.25, 0.3) is 0 Å². The van der Waals surface area contributed by atoms with Crippen LogP contribution in [0.25, 0.3) is 11.0 Å². The summed E-state index contributed by atoms with van der Waals surface area (Å²) in [5.74, 6) is 0.797. The Balaban J connectivity index is 1.72. The summed E-state index contributed by atoms with van der Waals surface area (Å²) in [6.45, 7) is 0. The molecule has 0 fully saturated rings. The number of rotatable bonds is 2. The summed E-state index contributed by atoms with van der Waals surface area (Å²) >= 11 is 1.81. The van der Waals surface area contributed by atoms with Gasteiger partial charge in [0.1, 0.15) is 17.2 Å². The number of hydrogen-bond acceptors (Lipinski definition) is 3. The largest absolute Gasteiger partial charge is 0.459 e. The van der Waals surface area contributed by atoms with Crippen LogP contribution in [0.3, 0.4) is 0 Å². The van der Waals surface area contributed by atoms with Crippen LogP contribution in [0.4, 0.5) is 4.39 Å². The molecule has 108 valence electrons. The molecule has 0 spiro atoms. The first kappa shape index (κ1) is 13.0. The van der Waals surface area contributed by atoms with Crippen LogP contribution in [0, 0.1) is 5.82 Å². The summed E-state index contributed by atoms with van der Waals surface area (Å²) in [5, 5.41) is 2.92. The van der Waals surface area contributed by atoms with Gasteiger partial charge in [0, 0.05) is 16.2 Å². The third-order valence-corrected chi connectivity index (χ3v) is 5.35. The molecule has 0 amide bonds. The molecule has 2 unspecified atom stereocenters. The Morgan fingerprint density at radius 2 is 2.19 bits per heavy atom. The maximum Gasteiger partial charge on any atom is 0.134 e. The second kappa shape index (κ2) is 4.97.